The summed E-state index contributed by atoms with van der Waals surface area (Å²) in [6.45, 7) is 3.93. The molecule has 0 rings (SSSR count). The van der Waals surface area contributed by atoms with E-state index < -0.39 is 60.7 Å². The lowest BCUT2D eigenvalue weighted by atomic mass is 9.98. The monoisotopic (exact) mass is 621 g/mol. The van der Waals surface area contributed by atoms with Gasteiger partial charge in [0.05, 0.1) is 6.54 Å². The lowest BCUT2D eigenvalue weighted by molar-refractivity contribution is -0.198. The topological polar surface area (TPSA) is 189 Å². The second-order valence-electron chi connectivity index (χ2n) is 9.86. The van der Waals surface area contributed by atoms with Crippen molar-refractivity contribution in [1.82, 2.24) is 5.32 Å². The van der Waals surface area contributed by atoms with Gasteiger partial charge in [-0.3, -0.25) is 33.6 Å². The van der Waals surface area contributed by atoms with E-state index in [-0.39, 0.29) is 30.5 Å². The molecular weight excluding hydrogens is 578 g/mol. The van der Waals surface area contributed by atoms with Crippen LogP contribution in [0.25, 0.3) is 0 Å². The summed E-state index contributed by atoms with van der Waals surface area (Å²) in [5, 5.41) is 11.4. The number of nitrogens with one attached hydrogen (secondary N) is 1. The van der Waals surface area contributed by atoms with Crippen molar-refractivity contribution >= 4 is 52.6 Å². The second kappa shape index (κ2) is 22.4. The average molecular weight is 622 g/mol. The van der Waals surface area contributed by atoms with Crippen LogP contribution in [0, 0.1) is 0 Å². The number of hydrogen-bond acceptors (Lipinski definition) is 11. The van der Waals surface area contributed by atoms with Crippen molar-refractivity contribution in [3.8, 4) is 0 Å². The number of carboxylic acids is 1. The van der Waals surface area contributed by atoms with E-state index in [0.717, 1.165) is 72.6 Å². The summed E-state index contributed by atoms with van der Waals surface area (Å²) in [5.41, 5.74) is 0. The number of esters is 4. The van der Waals surface area contributed by atoms with Crippen molar-refractivity contribution in [3.63, 3.8) is 0 Å². The molecule has 2 N–H and O–H groups in total. The van der Waals surface area contributed by atoms with E-state index in [1.807, 2.05) is 0 Å². The van der Waals surface area contributed by atoms with Crippen molar-refractivity contribution in [2.24, 2.45) is 0 Å². The van der Waals surface area contributed by atoms with E-state index in [0.29, 0.717) is 12.8 Å². The van der Waals surface area contributed by atoms with Gasteiger partial charge >= 0.3 is 29.8 Å². The fourth-order valence-electron chi connectivity index (χ4n) is 4.21. The molecule has 13 nitrogen and oxygen atoms in total. The second-order valence-corrected chi connectivity index (χ2v) is 10.3. The molecule has 4 atom stereocenters. The van der Waals surface area contributed by atoms with Crippen LogP contribution in [-0.4, -0.2) is 77.1 Å². The molecule has 240 valence electrons. The van der Waals surface area contributed by atoms with E-state index in [4.69, 9.17) is 35.7 Å². The Bertz CT molecular complexity index is 909. The highest BCUT2D eigenvalue weighted by Crippen LogP contribution is 2.22. The van der Waals surface area contributed by atoms with Crippen LogP contribution in [0.4, 0.5) is 0 Å². The van der Waals surface area contributed by atoms with Gasteiger partial charge in [-0.25, -0.2) is 0 Å². The van der Waals surface area contributed by atoms with Gasteiger partial charge in [-0.1, -0.05) is 38.5 Å². The van der Waals surface area contributed by atoms with E-state index in [1.54, 1.807) is 0 Å². The molecule has 42 heavy (non-hydrogen) atoms. The third kappa shape index (κ3) is 20.6. The molecule has 0 aliphatic carbocycles. The summed E-state index contributed by atoms with van der Waals surface area (Å²) in [7, 11) is 0. The molecule has 1 amide bonds. The maximum Gasteiger partial charge on any atom is 0.303 e. The smallest absolute Gasteiger partial charge is 0.303 e. The van der Waals surface area contributed by atoms with Gasteiger partial charge in [0, 0.05) is 47.0 Å². The fourth-order valence-corrected chi connectivity index (χ4v) is 4.35. The van der Waals surface area contributed by atoms with E-state index >= 15 is 0 Å². The fraction of sp³-hybridized carbons (Fsp3) is 0.750. The van der Waals surface area contributed by atoms with Gasteiger partial charge in [-0.05, 0) is 30.9 Å². The quantitative estimate of drug-likeness (QED) is 0.0733. The molecule has 0 saturated carbocycles. The zero-order valence-electron chi connectivity index (χ0n) is 24.8. The summed E-state index contributed by atoms with van der Waals surface area (Å²) in [4.78, 5) is 82.1. The van der Waals surface area contributed by atoms with Crippen LogP contribution in [0.1, 0.15) is 105 Å². The number of unbranched alkanes of at least 4 members (excludes halogenated alkanes) is 7. The minimum absolute atomic E-state index is 0.185. The molecule has 0 bridgehead atoms. The van der Waals surface area contributed by atoms with Crippen LogP contribution < -0.4 is 5.32 Å². The van der Waals surface area contributed by atoms with Crippen LogP contribution in [0.3, 0.4) is 0 Å². The van der Waals surface area contributed by atoms with E-state index in [2.05, 4.69) is 5.32 Å². The Kier molecular flexibility index (Phi) is 20.7. The van der Waals surface area contributed by atoms with E-state index in [1.165, 1.54) is 0 Å². The van der Waals surface area contributed by atoms with Crippen molar-refractivity contribution in [2.45, 2.75) is 129 Å². The van der Waals surface area contributed by atoms with Gasteiger partial charge in [0.25, 0.3) is 0 Å². The molecule has 0 aromatic heterocycles. The summed E-state index contributed by atoms with van der Waals surface area (Å²) in [5.74, 6) is -4.90. The normalized spacial score (nSPS) is 13.5. The molecule has 0 unspecified atom stereocenters. The summed E-state index contributed by atoms with van der Waals surface area (Å²) >= 11 is 5.31. The standard InChI is InChI=1S/C28H44ClNO12/c1-18(31)39-22(15-16-26(37)38)27(41-20(3)33)28(42-21(4)34)23(40-19(2)32)17-30-25(36)14-12-10-8-6-5-7-9-11-13-24(29)35/h22-23,27-28H,5-17H2,1-4H3,(H,30,36)(H,37,38)/t22-,23-,27-,28-/m1/s1. The van der Waals surface area contributed by atoms with Crippen LogP contribution in [0.15, 0.2) is 0 Å². The van der Waals surface area contributed by atoms with Gasteiger partial charge in [-0.15, -0.1) is 0 Å². The molecule has 0 fully saturated rings. The number of carboxylic acid groups (broad SMARTS) is 1. The molecule has 0 heterocycles. The molecule has 0 aromatic carbocycles. The number of hydrogen-bond donors (Lipinski definition) is 2. The van der Waals surface area contributed by atoms with Gasteiger partial charge in [0.15, 0.2) is 18.3 Å². The van der Waals surface area contributed by atoms with Crippen molar-refractivity contribution in [1.29, 1.82) is 0 Å². The van der Waals surface area contributed by atoms with Gasteiger partial charge in [0.2, 0.25) is 11.1 Å². The predicted octanol–water partition coefficient (Wildman–Crippen LogP) is 3.36. The van der Waals surface area contributed by atoms with Crippen molar-refractivity contribution in [2.75, 3.05) is 6.54 Å². The highest BCUT2D eigenvalue weighted by Gasteiger charge is 2.43. The summed E-state index contributed by atoms with van der Waals surface area (Å²) in [6.07, 6.45) is 1.07. The Morgan fingerprint density at radius 3 is 1.43 bits per heavy atom. The average Bonchev–Trinajstić information content (AvgIpc) is 2.86. The summed E-state index contributed by atoms with van der Waals surface area (Å²) < 4.78 is 21.2. The molecule has 0 spiro atoms. The minimum atomic E-state index is -1.55. The Balaban J connectivity index is 5.34. The van der Waals surface area contributed by atoms with Gasteiger partial charge < -0.3 is 29.4 Å². The summed E-state index contributed by atoms with van der Waals surface area (Å²) in [6, 6.07) is 0. The third-order valence-electron chi connectivity index (χ3n) is 5.97. The molecule has 0 saturated heterocycles. The number of aliphatic carboxylic acids is 1. The molecule has 0 aliphatic heterocycles. The van der Waals surface area contributed by atoms with Crippen molar-refractivity contribution < 1.29 is 57.6 Å². The Labute approximate surface area is 251 Å². The number of carbonyl (C=O) groups is 7. The van der Waals surface area contributed by atoms with Crippen LogP contribution in [0.5, 0.6) is 0 Å². The third-order valence-corrected chi connectivity index (χ3v) is 6.15. The zero-order chi connectivity index (χ0) is 32.1. The Morgan fingerprint density at radius 2 is 1.00 bits per heavy atom. The molecule has 0 aliphatic rings. The maximum atomic E-state index is 12.5. The van der Waals surface area contributed by atoms with Gasteiger partial charge in [-0.2, -0.15) is 0 Å². The predicted molar refractivity (Wildman–Crippen MR) is 149 cm³/mol. The van der Waals surface area contributed by atoms with Crippen molar-refractivity contribution in [3.05, 3.63) is 0 Å². The van der Waals surface area contributed by atoms with E-state index in [9.17, 15) is 33.6 Å². The number of rotatable bonds is 23. The Morgan fingerprint density at radius 1 is 0.595 bits per heavy atom. The first kappa shape index (κ1) is 38.8. The molecular formula is C28H44ClNO12. The maximum absolute atomic E-state index is 12.5. The number of ether oxygens (including phenoxy) is 4. The minimum Gasteiger partial charge on any atom is -0.481 e. The number of amides is 1. The first-order valence-electron chi connectivity index (χ1n) is 14.1. The first-order valence-corrected chi connectivity index (χ1v) is 14.5. The number of carbonyl (C=O) groups excluding carboxylic acids is 6. The van der Waals surface area contributed by atoms with Crippen LogP contribution >= 0.6 is 11.6 Å². The molecule has 14 heteroatoms. The molecule has 0 aromatic rings. The lowest BCUT2D eigenvalue weighted by Crippen LogP contribution is -2.54. The highest BCUT2D eigenvalue weighted by atomic mass is 35.5. The van der Waals surface area contributed by atoms with Gasteiger partial charge in [0.1, 0.15) is 6.10 Å². The lowest BCUT2D eigenvalue weighted by Gasteiger charge is -2.35. The number of halogens is 1. The molecule has 0 radical (unpaired) electrons. The van der Waals surface area contributed by atoms with Crippen LogP contribution in [-0.2, 0) is 52.5 Å². The largest absolute Gasteiger partial charge is 0.481 e. The Hall–Kier alpha value is -3.22. The first-order chi connectivity index (χ1) is 19.7. The zero-order valence-corrected chi connectivity index (χ0v) is 25.6. The SMILES string of the molecule is CC(=O)O[C@@H]([C@H](OC(C)=O)[C@@H](CNC(=O)CCCCCCCCCCC(=O)Cl)OC(C)=O)[C@@H](CCC(=O)O)OC(C)=O. The van der Waals surface area contributed by atoms with Crippen LogP contribution in [0.2, 0.25) is 0 Å². The highest BCUT2D eigenvalue weighted by molar-refractivity contribution is 6.63.